The molecular formula is C17H17FN2O5S. The summed E-state index contributed by atoms with van der Waals surface area (Å²) in [6.07, 6.45) is 0.674. The lowest BCUT2D eigenvalue weighted by Gasteiger charge is -2.21. The molecule has 4 rings (SSSR count). The van der Waals surface area contributed by atoms with Gasteiger partial charge in [0.25, 0.3) is 0 Å². The molecule has 1 aromatic heterocycles. The highest BCUT2D eigenvalue weighted by molar-refractivity contribution is 7.91. The van der Waals surface area contributed by atoms with Crippen molar-refractivity contribution in [3.05, 3.63) is 35.3 Å². The molecule has 7 nitrogen and oxygen atoms in total. The minimum atomic E-state index is -3.93. The number of halogens is 1. The molecule has 138 valence electrons. The molecule has 2 aliphatic rings. The topological polar surface area (TPSA) is 87.5 Å². The van der Waals surface area contributed by atoms with E-state index in [1.807, 2.05) is 0 Å². The Kier molecular flexibility index (Phi) is 4.07. The van der Waals surface area contributed by atoms with Gasteiger partial charge in [-0.1, -0.05) is 12.1 Å². The van der Waals surface area contributed by atoms with E-state index in [0.717, 1.165) is 6.07 Å². The number of benzene rings is 1. The maximum Gasteiger partial charge on any atom is 0.359 e. The van der Waals surface area contributed by atoms with Crippen LogP contribution in [0.2, 0.25) is 0 Å². The number of fused-ring (bicyclic) bond motifs is 3. The summed E-state index contributed by atoms with van der Waals surface area (Å²) in [5.74, 6) is -1.98. The average Bonchev–Trinajstić information content (AvgIpc) is 3.21. The number of aromatic nitrogens is 2. The quantitative estimate of drug-likeness (QED) is 0.758. The van der Waals surface area contributed by atoms with Crippen LogP contribution in [0.25, 0.3) is 11.3 Å². The fraction of sp³-hybridized carbons (Fsp3) is 0.412. The number of carbonyl (C=O) groups excluding carboxylic acids is 1. The van der Waals surface area contributed by atoms with E-state index in [9.17, 15) is 17.6 Å². The summed E-state index contributed by atoms with van der Waals surface area (Å²) in [4.78, 5) is 12.0. The standard InChI is InChI=1S/C17H17FN2O5S/c1-2-25-17(21)14-12-9-26(22,23)16-11(4-3-5-13(16)18)15(12)20(19-14)10-6-7-24-8-10/h3-5,10H,2,6-9H2,1H3. The molecule has 1 atom stereocenters. The van der Waals surface area contributed by atoms with Crippen LogP contribution >= 0.6 is 0 Å². The van der Waals surface area contributed by atoms with Gasteiger partial charge in [-0.05, 0) is 19.4 Å². The predicted octanol–water partition coefficient (Wildman–Crippen LogP) is 2.11. The highest BCUT2D eigenvalue weighted by atomic mass is 32.2. The maximum absolute atomic E-state index is 14.3. The van der Waals surface area contributed by atoms with Crippen molar-refractivity contribution in [3.63, 3.8) is 0 Å². The van der Waals surface area contributed by atoms with Crippen LogP contribution in [-0.4, -0.2) is 44.0 Å². The highest BCUT2D eigenvalue weighted by Crippen LogP contribution is 2.42. The van der Waals surface area contributed by atoms with E-state index < -0.39 is 27.4 Å². The fourth-order valence-corrected chi connectivity index (χ4v) is 5.17. The summed E-state index contributed by atoms with van der Waals surface area (Å²) in [5, 5.41) is 4.36. The lowest BCUT2D eigenvalue weighted by atomic mass is 10.0. The van der Waals surface area contributed by atoms with Gasteiger partial charge >= 0.3 is 5.97 Å². The molecule has 1 saturated heterocycles. The third kappa shape index (κ3) is 2.53. The van der Waals surface area contributed by atoms with Crippen molar-refractivity contribution in [1.82, 2.24) is 9.78 Å². The van der Waals surface area contributed by atoms with Gasteiger partial charge in [-0.2, -0.15) is 5.10 Å². The Balaban J connectivity index is 2.01. The van der Waals surface area contributed by atoms with Crippen molar-refractivity contribution in [3.8, 4) is 11.3 Å². The third-order valence-electron chi connectivity index (χ3n) is 4.60. The zero-order chi connectivity index (χ0) is 18.5. The second-order valence-corrected chi connectivity index (χ2v) is 8.16. The lowest BCUT2D eigenvalue weighted by molar-refractivity contribution is 0.0517. The summed E-state index contributed by atoms with van der Waals surface area (Å²) in [6.45, 7) is 2.74. The molecule has 0 amide bonds. The number of sulfone groups is 1. The van der Waals surface area contributed by atoms with Gasteiger partial charge in [0, 0.05) is 17.7 Å². The molecule has 3 heterocycles. The van der Waals surface area contributed by atoms with Crippen molar-refractivity contribution >= 4 is 15.8 Å². The summed E-state index contributed by atoms with van der Waals surface area (Å²) in [7, 11) is -3.93. The van der Waals surface area contributed by atoms with Crippen molar-refractivity contribution in [2.45, 2.75) is 30.0 Å². The van der Waals surface area contributed by atoms with Crippen LogP contribution in [0.3, 0.4) is 0 Å². The number of hydrogen-bond donors (Lipinski definition) is 0. The minimum Gasteiger partial charge on any atom is -0.461 e. The van der Waals surface area contributed by atoms with E-state index in [2.05, 4.69) is 5.10 Å². The van der Waals surface area contributed by atoms with Gasteiger partial charge in [0.15, 0.2) is 15.5 Å². The summed E-state index contributed by atoms with van der Waals surface area (Å²) < 4.78 is 51.7. The largest absolute Gasteiger partial charge is 0.461 e. The minimum absolute atomic E-state index is 0.0350. The van der Waals surface area contributed by atoms with E-state index >= 15 is 0 Å². The van der Waals surface area contributed by atoms with E-state index in [1.54, 1.807) is 11.6 Å². The van der Waals surface area contributed by atoms with Crippen LogP contribution in [-0.2, 0) is 25.1 Å². The number of nitrogens with zero attached hydrogens (tertiary/aromatic N) is 2. The highest BCUT2D eigenvalue weighted by Gasteiger charge is 2.39. The summed E-state index contributed by atoms with van der Waals surface area (Å²) in [6, 6.07) is 3.96. The van der Waals surface area contributed by atoms with E-state index in [1.165, 1.54) is 12.1 Å². The molecule has 2 aromatic rings. The molecular weight excluding hydrogens is 363 g/mol. The molecule has 1 fully saturated rings. The van der Waals surface area contributed by atoms with Crippen molar-refractivity contribution in [2.24, 2.45) is 0 Å². The van der Waals surface area contributed by atoms with E-state index in [-0.39, 0.29) is 34.4 Å². The van der Waals surface area contributed by atoms with Gasteiger partial charge < -0.3 is 9.47 Å². The SMILES string of the molecule is CCOC(=O)c1nn(C2CCOC2)c2c1CS(=O)(=O)c1c(F)cccc1-2. The summed E-state index contributed by atoms with van der Waals surface area (Å²) in [5.41, 5.74) is 0.898. The molecule has 0 spiro atoms. The van der Waals surface area contributed by atoms with Crippen LogP contribution in [0.5, 0.6) is 0 Å². The molecule has 0 saturated carbocycles. The predicted molar refractivity (Wildman–Crippen MR) is 88.9 cm³/mol. The van der Waals surface area contributed by atoms with Gasteiger partial charge in [-0.15, -0.1) is 0 Å². The zero-order valence-corrected chi connectivity index (χ0v) is 14.9. The Bertz CT molecular complexity index is 993. The molecule has 0 bridgehead atoms. The number of ether oxygens (including phenoxy) is 2. The van der Waals surface area contributed by atoms with Crippen LogP contribution in [0.4, 0.5) is 4.39 Å². The summed E-state index contributed by atoms with van der Waals surface area (Å²) >= 11 is 0. The van der Waals surface area contributed by atoms with E-state index in [4.69, 9.17) is 9.47 Å². The van der Waals surface area contributed by atoms with Gasteiger partial charge in [-0.3, -0.25) is 4.68 Å². The van der Waals surface area contributed by atoms with Crippen molar-refractivity contribution in [1.29, 1.82) is 0 Å². The first-order valence-electron chi connectivity index (χ1n) is 8.32. The second-order valence-electron chi connectivity index (χ2n) is 6.23. The Hall–Kier alpha value is -2.26. The first-order chi connectivity index (χ1) is 12.4. The monoisotopic (exact) mass is 380 g/mol. The molecule has 1 unspecified atom stereocenters. The van der Waals surface area contributed by atoms with Gasteiger partial charge in [0.2, 0.25) is 0 Å². The Morgan fingerprint density at radius 2 is 2.27 bits per heavy atom. The van der Waals surface area contributed by atoms with Crippen LogP contribution in [0, 0.1) is 5.82 Å². The Labute approximate surface area is 149 Å². The van der Waals surface area contributed by atoms with Crippen molar-refractivity contribution in [2.75, 3.05) is 19.8 Å². The smallest absolute Gasteiger partial charge is 0.359 e. The first-order valence-corrected chi connectivity index (χ1v) is 9.97. The van der Waals surface area contributed by atoms with Gasteiger partial charge in [0.05, 0.1) is 30.7 Å². The molecule has 2 aliphatic heterocycles. The second kappa shape index (κ2) is 6.17. The van der Waals surface area contributed by atoms with Gasteiger partial charge in [0.1, 0.15) is 10.7 Å². The van der Waals surface area contributed by atoms with Gasteiger partial charge in [-0.25, -0.2) is 17.6 Å². The number of hydrogen-bond acceptors (Lipinski definition) is 6. The van der Waals surface area contributed by atoms with Crippen LogP contribution in [0.15, 0.2) is 23.1 Å². The molecule has 0 aliphatic carbocycles. The Morgan fingerprint density at radius 3 is 2.96 bits per heavy atom. The van der Waals surface area contributed by atoms with Crippen molar-refractivity contribution < 1.29 is 27.1 Å². The maximum atomic E-state index is 14.3. The molecule has 1 aromatic carbocycles. The van der Waals surface area contributed by atoms with E-state index in [0.29, 0.717) is 25.3 Å². The fourth-order valence-electron chi connectivity index (χ4n) is 3.51. The number of esters is 1. The first kappa shape index (κ1) is 17.2. The molecule has 0 N–H and O–H groups in total. The third-order valence-corrected chi connectivity index (χ3v) is 6.30. The lowest BCUT2D eigenvalue weighted by Crippen LogP contribution is -2.19. The number of carbonyl (C=O) groups is 1. The molecule has 0 radical (unpaired) electrons. The Morgan fingerprint density at radius 1 is 1.46 bits per heavy atom. The van der Waals surface area contributed by atoms with Crippen LogP contribution in [0.1, 0.15) is 35.4 Å². The zero-order valence-electron chi connectivity index (χ0n) is 14.1. The normalized spacial score (nSPS) is 20.5. The molecule has 9 heteroatoms. The van der Waals surface area contributed by atoms with Crippen LogP contribution < -0.4 is 0 Å². The average molecular weight is 380 g/mol. The number of rotatable bonds is 3. The molecule has 26 heavy (non-hydrogen) atoms.